The highest BCUT2D eigenvalue weighted by molar-refractivity contribution is 6.23. The Morgan fingerprint density at radius 1 is 0.404 bits per heavy atom. The molecular weight excluding hydrogens is 641 g/mol. The van der Waals surface area contributed by atoms with E-state index >= 15 is 0 Å². The van der Waals surface area contributed by atoms with E-state index in [9.17, 15) is 0 Å². The van der Waals surface area contributed by atoms with Gasteiger partial charge in [-0.3, -0.25) is 0 Å². The molecule has 0 unspecified atom stereocenters. The van der Waals surface area contributed by atoms with Crippen LogP contribution < -0.4 is 4.90 Å². The third kappa shape index (κ3) is 4.46. The maximum absolute atomic E-state index is 6.88. The van der Waals surface area contributed by atoms with E-state index in [-0.39, 0.29) is 0 Å². The monoisotopic (exact) mass is 668 g/mol. The maximum atomic E-state index is 6.88. The molecule has 0 amide bonds. The van der Waals surface area contributed by atoms with Gasteiger partial charge in [0.25, 0.3) is 0 Å². The van der Waals surface area contributed by atoms with Crippen LogP contribution in [-0.2, 0) is 0 Å². The van der Waals surface area contributed by atoms with E-state index in [1.54, 1.807) is 0 Å². The van der Waals surface area contributed by atoms with Gasteiger partial charge in [-0.25, -0.2) is 4.98 Å². The van der Waals surface area contributed by atoms with Crippen LogP contribution in [0.2, 0.25) is 0 Å². The van der Waals surface area contributed by atoms with Crippen molar-refractivity contribution in [1.29, 1.82) is 0 Å². The lowest BCUT2D eigenvalue weighted by Gasteiger charge is -2.26. The number of fused-ring (bicyclic) bond motifs is 9. The highest BCUT2D eigenvalue weighted by Gasteiger charge is 2.23. The van der Waals surface area contributed by atoms with Gasteiger partial charge in [-0.1, -0.05) is 97.1 Å². The van der Waals surface area contributed by atoms with Gasteiger partial charge in [0.2, 0.25) is 5.89 Å². The van der Waals surface area contributed by atoms with Crippen LogP contribution in [0.4, 0.5) is 17.1 Å². The lowest BCUT2D eigenvalue weighted by molar-refractivity contribution is 0.620. The van der Waals surface area contributed by atoms with E-state index in [1.165, 1.54) is 5.56 Å². The zero-order valence-electron chi connectivity index (χ0n) is 27.8. The van der Waals surface area contributed by atoms with Crippen LogP contribution in [0.5, 0.6) is 0 Å². The first-order valence-electron chi connectivity index (χ1n) is 17.4. The normalized spacial score (nSPS) is 11.8. The Balaban J connectivity index is 1.17. The molecule has 0 N–H and O–H groups in total. The molecule has 0 radical (unpaired) electrons. The van der Waals surface area contributed by atoms with E-state index in [0.29, 0.717) is 5.89 Å². The number of oxazole rings is 1. The van der Waals surface area contributed by atoms with Crippen molar-refractivity contribution in [3.8, 4) is 22.6 Å². The average Bonchev–Trinajstić information content (AvgIpc) is 3.92. The number of aromatic nitrogens is 1. The molecule has 0 atom stereocenters. The Kier molecular flexibility index (Phi) is 6.18. The van der Waals surface area contributed by atoms with Crippen LogP contribution in [0.1, 0.15) is 0 Å². The fourth-order valence-electron chi connectivity index (χ4n) is 7.62. The summed E-state index contributed by atoms with van der Waals surface area (Å²) in [6.45, 7) is 0. The van der Waals surface area contributed by atoms with Crippen molar-refractivity contribution in [1.82, 2.24) is 4.98 Å². The predicted octanol–water partition coefficient (Wildman–Crippen LogP) is 13.6. The molecule has 0 aliphatic heterocycles. The lowest BCUT2D eigenvalue weighted by atomic mass is 10.00. The molecule has 0 spiro atoms. The van der Waals surface area contributed by atoms with Crippen LogP contribution in [0.25, 0.3) is 88.3 Å². The number of nitrogens with zero attached hydrogens (tertiary/aromatic N) is 2. The predicted molar refractivity (Wildman–Crippen MR) is 212 cm³/mol. The summed E-state index contributed by atoms with van der Waals surface area (Å²) in [6.07, 6.45) is 0. The molecular formula is C47H28N2O3. The summed E-state index contributed by atoms with van der Waals surface area (Å²) in [5.74, 6) is 0.581. The summed E-state index contributed by atoms with van der Waals surface area (Å²) >= 11 is 0. The number of anilines is 3. The first-order chi connectivity index (χ1) is 25.7. The summed E-state index contributed by atoms with van der Waals surface area (Å²) in [5.41, 5.74) is 11.0. The molecule has 0 bridgehead atoms. The number of benzene rings is 8. The lowest BCUT2D eigenvalue weighted by Crippen LogP contribution is -2.10. The molecule has 0 saturated heterocycles. The van der Waals surface area contributed by atoms with Gasteiger partial charge in [0, 0.05) is 38.9 Å². The molecule has 52 heavy (non-hydrogen) atoms. The largest absolute Gasteiger partial charge is 0.456 e. The number of furan rings is 2. The average molecular weight is 669 g/mol. The number of para-hydroxylation sites is 3. The first kappa shape index (κ1) is 28.7. The summed E-state index contributed by atoms with van der Waals surface area (Å²) in [4.78, 5) is 7.07. The topological polar surface area (TPSA) is 55.6 Å². The molecule has 5 heteroatoms. The molecule has 5 nitrogen and oxygen atoms in total. The van der Waals surface area contributed by atoms with Crippen molar-refractivity contribution in [2.45, 2.75) is 0 Å². The van der Waals surface area contributed by atoms with Crippen molar-refractivity contribution < 1.29 is 13.3 Å². The van der Waals surface area contributed by atoms with Crippen LogP contribution in [0.15, 0.2) is 183 Å². The first-order valence-corrected chi connectivity index (χ1v) is 17.4. The Bertz CT molecular complexity index is 3100. The number of hydrogen-bond acceptors (Lipinski definition) is 5. The van der Waals surface area contributed by atoms with E-state index in [2.05, 4.69) is 120 Å². The summed E-state index contributed by atoms with van der Waals surface area (Å²) in [5, 5.41) is 6.44. The minimum Gasteiger partial charge on any atom is -0.456 e. The third-order valence-electron chi connectivity index (χ3n) is 10.1. The number of rotatable bonds is 5. The zero-order chi connectivity index (χ0) is 34.2. The minimum atomic E-state index is 0.581. The van der Waals surface area contributed by atoms with E-state index < -0.39 is 0 Å². The molecule has 0 saturated carbocycles. The van der Waals surface area contributed by atoms with Crippen molar-refractivity contribution >= 4 is 82.8 Å². The van der Waals surface area contributed by atoms with Gasteiger partial charge in [0.05, 0.1) is 11.4 Å². The van der Waals surface area contributed by atoms with Crippen molar-refractivity contribution in [3.63, 3.8) is 0 Å². The molecule has 244 valence electrons. The van der Waals surface area contributed by atoms with Gasteiger partial charge in [0.15, 0.2) is 11.2 Å². The SMILES string of the molecule is c1ccc(-c2ccc(N(c3ccc4c(c3)oc3ccccc34)c3cc4ccccc4c4c3oc3ccc(-c5nc6ccccc6o5)cc34)cc2)cc1. The van der Waals surface area contributed by atoms with Crippen LogP contribution >= 0.6 is 0 Å². The van der Waals surface area contributed by atoms with Gasteiger partial charge < -0.3 is 18.2 Å². The Morgan fingerprint density at radius 2 is 1.08 bits per heavy atom. The zero-order valence-corrected chi connectivity index (χ0v) is 27.8. The van der Waals surface area contributed by atoms with Gasteiger partial charge in [-0.15, -0.1) is 0 Å². The van der Waals surface area contributed by atoms with Gasteiger partial charge in [-0.2, -0.15) is 0 Å². The summed E-state index contributed by atoms with van der Waals surface area (Å²) < 4.78 is 19.5. The van der Waals surface area contributed by atoms with Crippen molar-refractivity contribution in [2.75, 3.05) is 4.90 Å². The van der Waals surface area contributed by atoms with Crippen LogP contribution in [-0.4, -0.2) is 4.98 Å². The summed E-state index contributed by atoms with van der Waals surface area (Å²) in [6, 6.07) is 58.6. The van der Waals surface area contributed by atoms with E-state index in [1.807, 2.05) is 54.6 Å². The molecule has 0 fully saturated rings. The molecule has 0 aliphatic carbocycles. The van der Waals surface area contributed by atoms with Crippen LogP contribution in [0, 0.1) is 0 Å². The highest BCUT2D eigenvalue weighted by atomic mass is 16.3. The fourth-order valence-corrected chi connectivity index (χ4v) is 7.62. The molecule has 11 rings (SSSR count). The van der Waals surface area contributed by atoms with Crippen molar-refractivity contribution in [2.24, 2.45) is 0 Å². The molecule has 3 aromatic heterocycles. The van der Waals surface area contributed by atoms with Crippen LogP contribution in [0.3, 0.4) is 0 Å². The van der Waals surface area contributed by atoms with Crippen molar-refractivity contribution in [3.05, 3.63) is 170 Å². The third-order valence-corrected chi connectivity index (χ3v) is 10.1. The maximum Gasteiger partial charge on any atom is 0.227 e. The Labute approximate surface area is 297 Å². The van der Waals surface area contributed by atoms with Gasteiger partial charge in [-0.05, 0) is 88.6 Å². The minimum absolute atomic E-state index is 0.581. The quantitative estimate of drug-likeness (QED) is 0.183. The molecule has 11 aromatic rings. The number of hydrogen-bond donors (Lipinski definition) is 0. The standard InChI is InChI=1S/C47H28N2O3/c1-2-10-29(11-3-1)30-18-21-33(22-19-30)49(34-23-24-37-36-14-6-8-16-41(36)50-44(37)28-34)40-27-31-12-4-5-13-35(31)45-38-26-32(20-25-42(38)51-46(40)45)47-48-39-15-7-9-17-43(39)52-47/h1-28H. The molecule has 0 aliphatic rings. The Morgan fingerprint density at radius 3 is 1.94 bits per heavy atom. The highest BCUT2D eigenvalue weighted by Crippen LogP contribution is 2.47. The Hall–Kier alpha value is -7.11. The van der Waals surface area contributed by atoms with Gasteiger partial charge in [0.1, 0.15) is 22.3 Å². The second-order valence-electron chi connectivity index (χ2n) is 13.1. The van der Waals surface area contributed by atoms with Gasteiger partial charge >= 0.3 is 0 Å². The smallest absolute Gasteiger partial charge is 0.227 e. The van der Waals surface area contributed by atoms with E-state index in [0.717, 1.165) is 93.9 Å². The van der Waals surface area contributed by atoms with E-state index in [4.69, 9.17) is 18.2 Å². The second kappa shape index (κ2) is 11.2. The summed E-state index contributed by atoms with van der Waals surface area (Å²) in [7, 11) is 0. The fraction of sp³-hybridized carbons (Fsp3) is 0. The molecule has 8 aromatic carbocycles. The molecule has 3 heterocycles. The second-order valence-corrected chi connectivity index (χ2v) is 13.1.